The van der Waals surface area contributed by atoms with Gasteiger partial charge in [0, 0.05) is 45.2 Å². The topological polar surface area (TPSA) is 46.9 Å². The number of aliphatic hydroxyl groups is 1. The Bertz CT molecular complexity index is 679. The summed E-state index contributed by atoms with van der Waals surface area (Å²) in [6, 6.07) is 12.1. The van der Waals surface area contributed by atoms with Gasteiger partial charge < -0.3 is 19.1 Å². The molecule has 142 valence electrons. The maximum absolute atomic E-state index is 10.5. The van der Waals surface area contributed by atoms with Crippen LogP contribution in [-0.4, -0.2) is 53.1 Å². The maximum Gasteiger partial charge on any atom is 0.122 e. The average Bonchev–Trinajstić information content (AvgIpc) is 3.26. The van der Waals surface area contributed by atoms with Crippen molar-refractivity contribution in [2.24, 2.45) is 7.05 Å². The van der Waals surface area contributed by atoms with Crippen LogP contribution < -0.4 is 4.74 Å². The van der Waals surface area contributed by atoms with Gasteiger partial charge in [-0.05, 0) is 43.5 Å². The van der Waals surface area contributed by atoms with Gasteiger partial charge >= 0.3 is 0 Å². The molecule has 1 saturated heterocycles. The molecule has 2 aromatic rings. The first-order chi connectivity index (χ1) is 12.6. The fourth-order valence-electron chi connectivity index (χ4n) is 3.42. The lowest BCUT2D eigenvalue weighted by Gasteiger charge is -2.27. The predicted molar refractivity (Wildman–Crippen MR) is 102 cm³/mol. The number of rotatable bonds is 9. The van der Waals surface area contributed by atoms with Gasteiger partial charge in [-0.15, -0.1) is 0 Å². The summed E-state index contributed by atoms with van der Waals surface area (Å²) in [5.41, 5.74) is 2.31. The van der Waals surface area contributed by atoms with Gasteiger partial charge in [0.25, 0.3) is 0 Å². The normalized spacial score (nSPS) is 18.4. The number of ether oxygens (including phenoxy) is 2. The molecule has 1 aliphatic rings. The Morgan fingerprint density at radius 2 is 2.15 bits per heavy atom. The summed E-state index contributed by atoms with van der Waals surface area (Å²) in [7, 11) is 2.05. The standard InChI is InChI=1S/C21H30N2O3/c1-17-7-3-4-10-21(17)26-16-19(24)14-23(15-20-9-6-12-25-20)13-18-8-5-11-22(18)2/h3-5,7-8,10-11,19-20,24H,6,9,12-16H2,1-2H3/t19-,20+/m1/s1. The molecule has 2 heterocycles. The maximum atomic E-state index is 10.5. The molecule has 1 aromatic carbocycles. The first kappa shape index (κ1) is 19.0. The molecule has 0 amide bonds. The van der Waals surface area contributed by atoms with E-state index >= 15 is 0 Å². The fraction of sp³-hybridized carbons (Fsp3) is 0.524. The minimum absolute atomic E-state index is 0.264. The van der Waals surface area contributed by atoms with Crippen LogP contribution in [-0.2, 0) is 18.3 Å². The summed E-state index contributed by atoms with van der Waals surface area (Å²) < 4.78 is 13.7. The number of aromatic nitrogens is 1. The van der Waals surface area contributed by atoms with Crippen LogP contribution in [0.1, 0.15) is 24.1 Å². The van der Waals surface area contributed by atoms with Crippen LogP contribution in [0.15, 0.2) is 42.6 Å². The summed E-state index contributed by atoms with van der Waals surface area (Å²) in [5, 5.41) is 10.5. The van der Waals surface area contributed by atoms with E-state index in [1.165, 1.54) is 5.69 Å². The van der Waals surface area contributed by atoms with E-state index in [0.717, 1.165) is 43.9 Å². The molecule has 2 atom stereocenters. The monoisotopic (exact) mass is 358 g/mol. The molecule has 26 heavy (non-hydrogen) atoms. The van der Waals surface area contributed by atoms with Crippen molar-refractivity contribution in [1.29, 1.82) is 0 Å². The molecule has 5 heteroatoms. The zero-order chi connectivity index (χ0) is 18.4. The molecule has 0 aliphatic carbocycles. The lowest BCUT2D eigenvalue weighted by Crippen LogP contribution is -2.39. The zero-order valence-corrected chi connectivity index (χ0v) is 15.8. The van der Waals surface area contributed by atoms with Crippen molar-refractivity contribution < 1.29 is 14.6 Å². The van der Waals surface area contributed by atoms with Crippen LogP contribution in [0.5, 0.6) is 5.75 Å². The summed E-state index contributed by atoms with van der Waals surface area (Å²) in [4.78, 5) is 2.27. The highest BCUT2D eigenvalue weighted by molar-refractivity contribution is 5.31. The Labute approximate surface area is 156 Å². The van der Waals surface area contributed by atoms with E-state index in [9.17, 15) is 5.11 Å². The number of aryl methyl sites for hydroxylation is 2. The number of hydrogen-bond acceptors (Lipinski definition) is 4. The van der Waals surface area contributed by atoms with Gasteiger partial charge in [0.2, 0.25) is 0 Å². The molecule has 0 saturated carbocycles. The Morgan fingerprint density at radius 3 is 2.85 bits per heavy atom. The third-order valence-corrected chi connectivity index (χ3v) is 4.92. The van der Waals surface area contributed by atoms with E-state index in [2.05, 4.69) is 34.8 Å². The molecular weight excluding hydrogens is 328 g/mol. The Morgan fingerprint density at radius 1 is 1.31 bits per heavy atom. The third-order valence-electron chi connectivity index (χ3n) is 4.92. The van der Waals surface area contributed by atoms with Crippen LogP contribution in [0.2, 0.25) is 0 Å². The van der Waals surface area contributed by atoms with Gasteiger partial charge in [-0.3, -0.25) is 4.90 Å². The average molecular weight is 358 g/mol. The first-order valence-corrected chi connectivity index (χ1v) is 9.42. The second kappa shape index (κ2) is 9.21. The highest BCUT2D eigenvalue weighted by Crippen LogP contribution is 2.18. The third kappa shape index (κ3) is 5.34. The van der Waals surface area contributed by atoms with Gasteiger partial charge in [0.1, 0.15) is 18.5 Å². The largest absolute Gasteiger partial charge is 0.491 e. The number of para-hydroxylation sites is 1. The van der Waals surface area contributed by atoms with Crippen molar-refractivity contribution in [2.75, 3.05) is 26.3 Å². The molecular formula is C21H30N2O3. The smallest absolute Gasteiger partial charge is 0.122 e. The second-order valence-electron chi connectivity index (χ2n) is 7.17. The van der Waals surface area contributed by atoms with E-state index in [1.807, 2.05) is 31.2 Å². The van der Waals surface area contributed by atoms with E-state index in [-0.39, 0.29) is 6.10 Å². The highest BCUT2D eigenvalue weighted by atomic mass is 16.5. The van der Waals surface area contributed by atoms with E-state index in [1.54, 1.807) is 0 Å². The molecule has 3 rings (SSSR count). The van der Waals surface area contributed by atoms with E-state index < -0.39 is 6.10 Å². The second-order valence-corrected chi connectivity index (χ2v) is 7.17. The molecule has 0 unspecified atom stereocenters. The minimum Gasteiger partial charge on any atom is -0.491 e. The van der Waals surface area contributed by atoms with Crippen LogP contribution in [0.3, 0.4) is 0 Å². The van der Waals surface area contributed by atoms with Crippen molar-refractivity contribution >= 4 is 0 Å². The molecule has 1 fully saturated rings. The Balaban J connectivity index is 1.56. The first-order valence-electron chi connectivity index (χ1n) is 9.42. The van der Waals surface area contributed by atoms with Gasteiger partial charge in [0.15, 0.2) is 0 Å². The predicted octanol–water partition coefficient (Wildman–Crippen LogP) is 2.75. The summed E-state index contributed by atoms with van der Waals surface area (Å²) >= 11 is 0. The van der Waals surface area contributed by atoms with E-state index in [0.29, 0.717) is 13.2 Å². The molecule has 1 N–H and O–H groups in total. The van der Waals surface area contributed by atoms with Crippen molar-refractivity contribution in [1.82, 2.24) is 9.47 Å². The SMILES string of the molecule is Cc1ccccc1OC[C@H](O)CN(Cc1cccn1C)C[C@@H]1CCCO1. The van der Waals surface area contributed by atoms with Gasteiger partial charge in [0.05, 0.1) is 6.10 Å². The molecule has 1 aromatic heterocycles. The zero-order valence-electron chi connectivity index (χ0n) is 15.8. The minimum atomic E-state index is -0.545. The van der Waals surface area contributed by atoms with Crippen molar-refractivity contribution in [2.45, 2.75) is 38.5 Å². The van der Waals surface area contributed by atoms with Crippen LogP contribution >= 0.6 is 0 Å². The Kier molecular flexibility index (Phi) is 6.72. The molecule has 0 spiro atoms. The van der Waals surface area contributed by atoms with Crippen LogP contribution in [0.25, 0.3) is 0 Å². The van der Waals surface area contributed by atoms with Crippen molar-refractivity contribution in [3.8, 4) is 5.75 Å². The van der Waals surface area contributed by atoms with Gasteiger partial charge in [-0.25, -0.2) is 0 Å². The van der Waals surface area contributed by atoms with Crippen LogP contribution in [0, 0.1) is 6.92 Å². The quantitative estimate of drug-likeness (QED) is 0.749. The molecule has 0 bridgehead atoms. The highest BCUT2D eigenvalue weighted by Gasteiger charge is 2.22. The molecule has 1 aliphatic heterocycles. The lowest BCUT2D eigenvalue weighted by molar-refractivity contribution is 0.0305. The summed E-state index contributed by atoms with van der Waals surface area (Å²) in [6.45, 7) is 5.36. The lowest BCUT2D eigenvalue weighted by atomic mass is 10.2. The van der Waals surface area contributed by atoms with E-state index in [4.69, 9.17) is 9.47 Å². The number of benzene rings is 1. The van der Waals surface area contributed by atoms with Gasteiger partial charge in [-0.2, -0.15) is 0 Å². The Hall–Kier alpha value is -1.82. The molecule has 0 radical (unpaired) electrons. The molecule has 5 nitrogen and oxygen atoms in total. The van der Waals surface area contributed by atoms with Gasteiger partial charge in [-0.1, -0.05) is 18.2 Å². The summed E-state index contributed by atoms with van der Waals surface area (Å²) in [5.74, 6) is 0.833. The fourth-order valence-corrected chi connectivity index (χ4v) is 3.42. The van der Waals surface area contributed by atoms with Crippen molar-refractivity contribution in [3.63, 3.8) is 0 Å². The van der Waals surface area contributed by atoms with Crippen molar-refractivity contribution in [3.05, 3.63) is 53.9 Å². The number of nitrogens with zero attached hydrogens (tertiary/aromatic N) is 2. The van der Waals surface area contributed by atoms with Crippen LogP contribution in [0.4, 0.5) is 0 Å². The summed E-state index contributed by atoms with van der Waals surface area (Å²) in [6.07, 6.45) is 3.99. The number of aliphatic hydroxyl groups excluding tert-OH is 1. The number of hydrogen-bond donors (Lipinski definition) is 1.